The van der Waals surface area contributed by atoms with Crippen LogP contribution in [0.1, 0.15) is 18.0 Å². The number of carbonyl (C=O) groups excluding carboxylic acids is 2. The number of rotatable bonds is 3. The van der Waals surface area contributed by atoms with Gasteiger partial charge in [-0.2, -0.15) is 5.10 Å². The number of hydrogen-bond donors (Lipinski definition) is 2. The molecule has 8 nitrogen and oxygen atoms in total. The molecule has 3 aromatic rings. The van der Waals surface area contributed by atoms with Crippen LogP contribution in [0.4, 0.5) is 11.5 Å². The SMILES string of the molecule is Cc1c(-c2cccc(Cl)c2)nn2c1NC(=O)C[C@H]2C(=O)Nc1ccc2c(c1)OCO2. The van der Waals surface area contributed by atoms with Gasteiger partial charge in [0.25, 0.3) is 0 Å². The maximum absolute atomic E-state index is 13.0. The van der Waals surface area contributed by atoms with Crippen molar-refractivity contribution in [2.75, 3.05) is 17.4 Å². The summed E-state index contributed by atoms with van der Waals surface area (Å²) in [7, 11) is 0. The molecule has 152 valence electrons. The first-order valence-electron chi connectivity index (χ1n) is 9.35. The van der Waals surface area contributed by atoms with E-state index < -0.39 is 6.04 Å². The molecule has 2 aliphatic heterocycles. The third kappa shape index (κ3) is 3.15. The summed E-state index contributed by atoms with van der Waals surface area (Å²) >= 11 is 6.12. The molecule has 0 unspecified atom stereocenters. The van der Waals surface area contributed by atoms with Crippen LogP contribution in [0.3, 0.4) is 0 Å². The largest absolute Gasteiger partial charge is 0.454 e. The van der Waals surface area contributed by atoms with E-state index in [2.05, 4.69) is 15.7 Å². The summed E-state index contributed by atoms with van der Waals surface area (Å²) < 4.78 is 12.2. The smallest absolute Gasteiger partial charge is 0.249 e. The van der Waals surface area contributed by atoms with Gasteiger partial charge < -0.3 is 20.1 Å². The van der Waals surface area contributed by atoms with E-state index in [4.69, 9.17) is 21.1 Å². The Kier molecular flexibility index (Phi) is 4.36. The van der Waals surface area contributed by atoms with Gasteiger partial charge >= 0.3 is 0 Å². The first kappa shape index (κ1) is 18.5. The van der Waals surface area contributed by atoms with Crippen LogP contribution in [0.5, 0.6) is 11.5 Å². The van der Waals surface area contributed by atoms with E-state index >= 15 is 0 Å². The van der Waals surface area contributed by atoms with E-state index in [-0.39, 0.29) is 25.0 Å². The van der Waals surface area contributed by atoms with Gasteiger partial charge in [-0.15, -0.1) is 0 Å². The predicted octanol–water partition coefficient (Wildman–Crippen LogP) is 3.76. The highest BCUT2D eigenvalue weighted by atomic mass is 35.5. The minimum atomic E-state index is -0.786. The van der Waals surface area contributed by atoms with Crippen molar-refractivity contribution in [2.45, 2.75) is 19.4 Å². The molecule has 2 aromatic carbocycles. The second-order valence-electron chi connectivity index (χ2n) is 7.10. The molecule has 0 spiro atoms. The van der Waals surface area contributed by atoms with Crippen LogP contribution in [-0.2, 0) is 9.59 Å². The summed E-state index contributed by atoms with van der Waals surface area (Å²) in [5.74, 6) is 1.11. The molecule has 30 heavy (non-hydrogen) atoms. The summed E-state index contributed by atoms with van der Waals surface area (Å²) in [6, 6.07) is 11.6. The first-order valence-corrected chi connectivity index (χ1v) is 9.73. The summed E-state index contributed by atoms with van der Waals surface area (Å²) in [5, 5.41) is 10.9. The first-order chi connectivity index (χ1) is 14.5. The quantitative estimate of drug-likeness (QED) is 0.667. The molecule has 2 aliphatic rings. The van der Waals surface area contributed by atoms with Gasteiger partial charge in [0, 0.05) is 27.9 Å². The van der Waals surface area contributed by atoms with Crippen molar-refractivity contribution in [3.8, 4) is 22.8 Å². The van der Waals surface area contributed by atoms with Crippen LogP contribution in [0, 0.1) is 6.92 Å². The molecule has 0 aliphatic carbocycles. The molecular formula is C21H17ClN4O4. The molecule has 1 atom stereocenters. The molecule has 5 rings (SSSR count). The number of hydrogen-bond acceptors (Lipinski definition) is 5. The lowest BCUT2D eigenvalue weighted by Gasteiger charge is -2.24. The van der Waals surface area contributed by atoms with Crippen LogP contribution >= 0.6 is 11.6 Å². The fourth-order valence-corrected chi connectivity index (χ4v) is 3.84. The number of ether oxygens (including phenoxy) is 2. The maximum atomic E-state index is 13.0. The Morgan fingerprint density at radius 2 is 2.07 bits per heavy atom. The molecule has 0 radical (unpaired) electrons. The maximum Gasteiger partial charge on any atom is 0.249 e. The van der Waals surface area contributed by atoms with Gasteiger partial charge in [0.2, 0.25) is 18.6 Å². The Labute approximate surface area is 176 Å². The van der Waals surface area contributed by atoms with Crippen LogP contribution in [0.25, 0.3) is 11.3 Å². The molecule has 0 saturated heterocycles. The number of halogens is 1. The van der Waals surface area contributed by atoms with Crippen molar-refractivity contribution in [2.24, 2.45) is 0 Å². The normalized spacial score (nSPS) is 16.7. The zero-order valence-corrected chi connectivity index (χ0v) is 16.7. The number of benzene rings is 2. The molecular weight excluding hydrogens is 408 g/mol. The van der Waals surface area contributed by atoms with Crippen molar-refractivity contribution >= 4 is 34.9 Å². The van der Waals surface area contributed by atoms with Crippen LogP contribution < -0.4 is 20.1 Å². The van der Waals surface area contributed by atoms with Crippen molar-refractivity contribution < 1.29 is 19.1 Å². The molecule has 1 aromatic heterocycles. The summed E-state index contributed by atoms with van der Waals surface area (Å²) in [6.45, 7) is 2.01. The Morgan fingerprint density at radius 3 is 2.90 bits per heavy atom. The van der Waals surface area contributed by atoms with Gasteiger partial charge in [-0.05, 0) is 31.2 Å². The number of aromatic nitrogens is 2. The van der Waals surface area contributed by atoms with Gasteiger partial charge in [-0.1, -0.05) is 23.7 Å². The lowest BCUT2D eigenvalue weighted by molar-refractivity contribution is -0.125. The average molecular weight is 425 g/mol. The molecule has 0 bridgehead atoms. The van der Waals surface area contributed by atoms with E-state index in [1.165, 1.54) is 0 Å². The van der Waals surface area contributed by atoms with Gasteiger partial charge in [0.1, 0.15) is 11.9 Å². The number of nitrogens with zero attached hydrogens (tertiary/aromatic N) is 2. The van der Waals surface area contributed by atoms with Crippen molar-refractivity contribution in [3.05, 3.63) is 53.1 Å². The standard InChI is InChI=1S/C21H17ClN4O4/c1-11-19(12-3-2-4-13(22)7-12)25-26-15(9-18(27)24-20(11)26)21(28)23-14-5-6-16-17(8-14)30-10-29-16/h2-8,15H,9-10H2,1H3,(H,23,28)(H,24,27)/t15-/m0/s1. The van der Waals surface area contributed by atoms with E-state index in [1.54, 1.807) is 35.0 Å². The minimum absolute atomic E-state index is 0.0144. The van der Waals surface area contributed by atoms with Gasteiger partial charge in [-0.3, -0.25) is 9.59 Å². The van der Waals surface area contributed by atoms with Crippen LogP contribution in [-0.4, -0.2) is 28.4 Å². The third-order valence-electron chi connectivity index (χ3n) is 5.12. The lowest BCUT2D eigenvalue weighted by atomic mass is 10.1. The third-order valence-corrected chi connectivity index (χ3v) is 5.35. The van der Waals surface area contributed by atoms with Crippen LogP contribution in [0.2, 0.25) is 5.02 Å². The topological polar surface area (TPSA) is 94.5 Å². The average Bonchev–Trinajstić information content (AvgIpc) is 3.32. The van der Waals surface area contributed by atoms with Gasteiger partial charge in [0.05, 0.1) is 12.1 Å². The zero-order valence-electron chi connectivity index (χ0n) is 15.9. The highest BCUT2D eigenvalue weighted by Gasteiger charge is 2.34. The fourth-order valence-electron chi connectivity index (χ4n) is 3.65. The highest BCUT2D eigenvalue weighted by Crippen LogP contribution is 2.37. The number of carbonyl (C=O) groups is 2. The second-order valence-corrected chi connectivity index (χ2v) is 7.54. The molecule has 0 fully saturated rings. The van der Waals surface area contributed by atoms with Gasteiger partial charge in [0.15, 0.2) is 11.5 Å². The Hall–Kier alpha value is -3.52. The lowest BCUT2D eigenvalue weighted by Crippen LogP contribution is -2.35. The van der Waals surface area contributed by atoms with Crippen molar-refractivity contribution in [1.82, 2.24) is 9.78 Å². The monoisotopic (exact) mass is 424 g/mol. The van der Waals surface area contributed by atoms with E-state index in [9.17, 15) is 9.59 Å². The molecule has 2 amide bonds. The zero-order chi connectivity index (χ0) is 20.8. The molecule has 3 heterocycles. The summed E-state index contributed by atoms with van der Waals surface area (Å²) in [4.78, 5) is 25.4. The Morgan fingerprint density at radius 1 is 1.23 bits per heavy atom. The Balaban J connectivity index is 1.48. The van der Waals surface area contributed by atoms with E-state index in [0.717, 1.165) is 11.1 Å². The minimum Gasteiger partial charge on any atom is -0.454 e. The molecule has 2 N–H and O–H groups in total. The van der Waals surface area contributed by atoms with E-state index in [0.29, 0.717) is 33.7 Å². The molecule has 9 heteroatoms. The number of anilines is 2. The molecule has 0 saturated carbocycles. The summed E-state index contributed by atoms with van der Waals surface area (Å²) in [6.07, 6.45) is -0.0144. The fraction of sp³-hybridized carbons (Fsp3) is 0.190. The summed E-state index contributed by atoms with van der Waals surface area (Å²) in [5.41, 5.74) is 2.79. The Bertz CT molecular complexity index is 1190. The highest BCUT2D eigenvalue weighted by molar-refractivity contribution is 6.30. The van der Waals surface area contributed by atoms with Crippen molar-refractivity contribution in [1.29, 1.82) is 0 Å². The number of amides is 2. The second kappa shape index (κ2) is 7.07. The van der Waals surface area contributed by atoms with Crippen LogP contribution in [0.15, 0.2) is 42.5 Å². The number of fused-ring (bicyclic) bond motifs is 2. The predicted molar refractivity (Wildman–Crippen MR) is 111 cm³/mol. The van der Waals surface area contributed by atoms with E-state index in [1.807, 2.05) is 19.1 Å². The van der Waals surface area contributed by atoms with Gasteiger partial charge in [-0.25, -0.2) is 4.68 Å². The number of nitrogens with one attached hydrogen (secondary N) is 2. The van der Waals surface area contributed by atoms with Crippen molar-refractivity contribution in [3.63, 3.8) is 0 Å².